The Hall–Kier alpha value is -2.73. The summed E-state index contributed by atoms with van der Waals surface area (Å²) in [6.07, 6.45) is 1.74. The first kappa shape index (κ1) is 20.0. The Kier molecular flexibility index (Phi) is 6.76. The van der Waals surface area contributed by atoms with Gasteiger partial charge in [-0.15, -0.1) is 0 Å². The average Bonchev–Trinajstić information content (AvgIpc) is 2.74. The minimum absolute atomic E-state index is 0.588. The molecular weight excluding hydrogens is 420 g/mol. The van der Waals surface area contributed by atoms with E-state index in [1.165, 1.54) is 0 Å². The Balaban J connectivity index is 1.93. The van der Waals surface area contributed by atoms with E-state index in [0.717, 1.165) is 32.8 Å². The minimum Gasteiger partial charge on any atom is -0.497 e. The number of anilines is 1. The standard InChI is InChI=1S/C22H23BrN2O3/c1-26-19-8-4-16(5-9-19)14-25(15-17-6-10-20(27-2)11-7-17)21-12-18(23)13-24-22(21)28-3/h4-13H,14-15H2,1-3H3. The van der Waals surface area contributed by atoms with Crippen LogP contribution >= 0.6 is 15.9 Å². The first-order valence-electron chi connectivity index (χ1n) is 8.83. The molecule has 1 aromatic heterocycles. The first-order valence-corrected chi connectivity index (χ1v) is 9.62. The first-order chi connectivity index (χ1) is 13.6. The van der Waals surface area contributed by atoms with Gasteiger partial charge in [-0.3, -0.25) is 0 Å². The molecule has 0 radical (unpaired) electrons. The van der Waals surface area contributed by atoms with Gasteiger partial charge in [-0.25, -0.2) is 4.98 Å². The third kappa shape index (κ3) is 4.95. The molecule has 6 heteroatoms. The monoisotopic (exact) mass is 442 g/mol. The molecule has 0 saturated carbocycles. The highest BCUT2D eigenvalue weighted by atomic mass is 79.9. The zero-order valence-corrected chi connectivity index (χ0v) is 17.8. The van der Waals surface area contributed by atoms with Crippen molar-refractivity contribution in [2.75, 3.05) is 26.2 Å². The van der Waals surface area contributed by atoms with Crippen LogP contribution in [0.4, 0.5) is 5.69 Å². The maximum absolute atomic E-state index is 5.52. The lowest BCUT2D eigenvalue weighted by atomic mass is 10.1. The van der Waals surface area contributed by atoms with E-state index < -0.39 is 0 Å². The molecule has 5 nitrogen and oxygen atoms in total. The summed E-state index contributed by atoms with van der Waals surface area (Å²) in [5, 5.41) is 0. The van der Waals surface area contributed by atoms with Gasteiger partial charge < -0.3 is 19.1 Å². The summed E-state index contributed by atoms with van der Waals surface area (Å²) in [5.41, 5.74) is 3.25. The summed E-state index contributed by atoms with van der Waals surface area (Å²) < 4.78 is 17.0. The van der Waals surface area contributed by atoms with E-state index in [9.17, 15) is 0 Å². The van der Waals surface area contributed by atoms with Gasteiger partial charge in [0.1, 0.15) is 17.2 Å². The van der Waals surface area contributed by atoms with Gasteiger partial charge >= 0.3 is 0 Å². The van der Waals surface area contributed by atoms with Gasteiger partial charge in [0.2, 0.25) is 5.88 Å². The van der Waals surface area contributed by atoms with Gasteiger partial charge in [0, 0.05) is 23.8 Å². The predicted molar refractivity (Wildman–Crippen MR) is 114 cm³/mol. The number of ether oxygens (including phenoxy) is 3. The lowest BCUT2D eigenvalue weighted by Crippen LogP contribution is -2.23. The zero-order chi connectivity index (χ0) is 19.9. The number of hydrogen-bond acceptors (Lipinski definition) is 5. The molecule has 0 aliphatic rings. The topological polar surface area (TPSA) is 43.8 Å². The normalized spacial score (nSPS) is 10.4. The van der Waals surface area contributed by atoms with Crippen molar-refractivity contribution in [3.05, 3.63) is 76.4 Å². The summed E-state index contributed by atoms with van der Waals surface area (Å²) in [5.74, 6) is 2.27. The van der Waals surface area contributed by atoms with Gasteiger partial charge in [0.05, 0.1) is 21.3 Å². The molecule has 0 bridgehead atoms. The SMILES string of the molecule is COc1ccc(CN(Cc2ccc(OC)cc2)c2cc(Br)cnc2OC)cc1. The van der Waals surface area contributed by atoms with Crippen LogP contribution < -0.4 is 19.1 Å². The van der Waals surface area contributed by atoms with Crippen molar-refractivity contribution in [2.24, 2.45) is 0 Å². The highest BCUT2D eigenvalue weighted by molar-refractivity contribution is 9.10. The molecule has 0 fully saturated rings. The van der Waals surface area contributed by atoms with Crippen LogP contribution in [-0.2, 0) is 13.1 Å². The van der Waals surface area contributed by atoms with E-state index in [0.29, 0.717) is 19.0 Å². The third-order valence-corrected chi connectivity index (χ3v) is 4.83. The van der Waals surface area contributed by atoms with Crippen molar-refractivity contribution in [1.29, 1.82) is 0 Å². The predicted octanol–water partition coefficient (Wildman–Crippen LogP) is 5.08. The second-order valence-corrected chi connectivity index (χ2v) is 7.15. The summed E-state index contributed by atoms with van der Waals surface area (Å²) in [4.78, 5) is 6.64. The molecule has 0 N–H and O–H groups in total. The molecular formula is C22H23BrN2O3. The Morgan fingerprint density at radius 1 is 0.786 bits per heavy atom. The van der Waals surface area contributed by atoms with E-state index in [-0.39, 0.29) is 0 Å². The zero-order valence-electron chi connectivity index (χ0n) is 16.2. The quantitative estimate of drug-likeness (QED) is 0.486. The smallest absolute Gasteiger partial charge is 0.237 e. The van der Waals surface area contributed by atoms with Gasteiger partial charge in [-0.05, 0) is 57.4 Å². The fraction of sp³-hybridized carbons (Fsp3) is 0.227. The van der Waals surface area contributed by atoms with Gasteiger partial charge in [0.15, 0.2) is 0 Å². The van der Waals surface area contributed by atoms with Crippen LogP contribution in [0, 0.1) is 0 Å². The second-order valence-electron chi connectivity index (χ2n) is 6.23. The van der Waals surface area contributed by atoms with Crippen molar-refractivity contribution in [3.63, 3.8) is 0 Å². The minimum atomic E-state index is 0.588. The molecule has 0 aliphatic carbocycles. The van der Waals surface area contributed by atoms with Crippen LogP contribution in [-0.4, -0.2) is 26.3 Å². The van der Waals surface area contributed by atoms with Gasteiger partial charge in [-0.1, -0.05) is 24.3 Å². The van der Waals surface area contributed by atoms with Crippen LogP contribution in [0.2, 0.25) is 0 Å². The molecule has 0 atom stereocenters. The lowest BCUT2D eigenvalue weighted by Gasteiger charge is -2.26. The van der Waals surface area contributed by atoms with E-state index in [4.69, 9.17) is 14.2 Å². The Morgan fingerprint density at radius 3 is 1.71 bits per heavy atom. The van der Waals surface area contributed by atoms with Crippen molar-refractivity contribution < 1.29 is 14.2 Å². The Morgan fingerprint density at radius 2 is 1.29 bits per heavy atom. The maximum Gasteiger partial charge on any atom is 0.237 e. The Bertz CT molecular complexity index is 849. The number of hydrogen-bond donors (Lipinski definition) is 0. The van der Waals surface area contributed by atoms with E-state index in [2.05, 4.69) is 50.1 Å². The van der Waals surface area contributed by atoms with Crippen molar-refractivity contribution in [1.82, 2.24) is 4.98 Å². The number of methoxy groups -OCH3 is 3. The third-order valence-electron chi connectivity index (χ3n) is 4.40. The largest absolute Gasteiger partial charge is 0.497 e. The number of rotatable bonds is 8. The Labute approximate surface area is 174 Å². The second kappa shape index (κ2) is 9.46. The van der Waals surface area contributed by atoms with Crippen molar-refractivity contribution in [2.45, 2.75) is 13.1 Å². The van der Waals surface area contributed by atoms with E-state index >= 15 is 0 Å². The molecule has 0 amide bonds. The van der Waals surface area contributed by atoms with Crippen molar-refractivity contribution >= 4 is 21.6 Å². The molecule has 0 aliphatic heterocycles. The lowest BCUT2D eigenvalue weighted by molar-refractivity contribution is 0.397. The fourth-order valence-electron chi connectivity index (χ4n) is 2.93. The van der Waals surface area contributed by atoms with Crippen LogP contribution in [0.15, 0.2) is 65.3 Å². The summed E-state index contributed by atoms with van der Waals surface area (Å²) in [6.45, 7) is 1.40. The number of nitrogens with zero attached hydrogens (tertiary/aromatic N) is 2. The van der Waals surface area contributed by atoms with Crippen LogP contribution in [0.5, 0.6) is 17.4 Å². The van der Waals surface area contributed by atoms with Gasteiger partial charge in [0.25, 0.3) is 0 Å². The average molecular weight is 443 g/mol. The van der Waals surface area contributed by atoms with Crippen LogP contribution in [0.3, 0.4) is 0 Å². The molecule has 28 heavy (non-hydrogen) atoms. The molecule has 3 rings (SSSR count). The van der Waals surface area contributed by atoms with Crippen LogP contribution in [0.1, 0.15) is 11.1 Å². The highest BCUT2D eigenvalue weighted by Gasteiger charge is 2.16. The molecule has 0 unspecified atom stereocenters. The maximum atomic E-state index is 5.52. The fourth-order valence-corrected chi connectivity index (χ4v) is 3.25. The molecule has 146 valence electrons. The van der Waals surface area contributed by atoms with Gasteiger partial charge in [-0.2, -0.15) is 0 Å². The van der Waals surface area contributed by atoms with Crippen LogP contribution in [0.25, 0.3) is 0 Å². The molecule has 1 heterocycles. The van der Waals surface area contributed by atoms with Crippen molar-refractivity contribution in [3.8, 4) is 17.4 Å². The van der Waals surface area contributed by atoms with E-state index in [1.807, 2.05) is 30.3 Å². The summed E-state index contributed by atoms with van der Waals surface area (Å²) in [7, 11) is 4.98. The highest BCUT2D eigenvalue weighted by Crippen LogP contribution is 2.32. The molecule has 0 saturated heterocycles. The number of halogens is 1. The number of aromatic nitrogens is 1. The molecule has 2 aromatic carbocycles. The number of pyridine rings is 1. The number of benzene rings is 2. The molecule has 3 aromatic rings. The molecule has 0 spiro atoms. The summed E-state index contributed by atoms with van der Waals surface area (Å²) in [6, 6.07) is 18.2. The van der Waals surface area contributed by atoms with E-state index in [1.54, 1.807) is 27.5 Å². The summed E-state index contributed by atoms with van der Waals surface area (Å²) >= 11 is 3.52.